The number of methoxy groups -OCH3 is 1. The van der Waals surface area contributed by atoms with Crippen LogP contribution in [-0.4, -0.2) is 30.2 Å². The minimum atomic E-state index is -0.414. The molecule has 2 aromatic rings. The van der Waals surface area contributed by atoms with Crippen LogP contribution in [0.3, 0.4) is 0 Å². The summed E-state index contributed by atoms with van der Waals surface area (Å²) in [7, 11) is 1.64. The van der Waals surface area contributed by atoms with Crippen molar-refractivity contribution in [2.75, 3.05) is 25.6 Å². The van der Waals surface area contributed by atoms with Crippen LogP contribution in [0.4, 0.5) is 10.8 Å². The first-order valence-electron chi connectivity index (χ1n) is 5.64. The monoisotopic (exact) mass is 279 g/mol. The second kappa shape index (κ2) is 6.26. The van der Waals surface area contributed by atoms with E-state index in [0.29, 0.717) is 13.2 Å². The number of aromatic nitrogens is 1. The van der Waals surface area contributed by atoms with E-state index in [9.17, 15) is 10.1 Å². The van der Waals surface area contributed by atoms with E-state index in [0.717, 1.165) is 16.4 Å². The quantitative estimate of drug-likeness (QED) is 0.500. The van der Waals surface area contributed by atoms with Gasteiger partial charge in [0.25, 0.3) is 5.69 Å². The number of anilines is 1. The summed E-state index contributed by atoms with van der Waals surface area (Å²) in [6.07, 6.45) is 0. The summed E-state index contributed by atoms with van der Waals surface area (Å²) in [6, 6.07) is 6.36. The van der Waals surface area contributed by atoms with E-state index in [-0.39, 0.29) is 5.69 Å². The Kier molecular flexibility index (Phi) is 4.43. The summed E-state index contributed by atoms with van der Waals surface area (Å²) in [5, 5.41) is 16.4. The zero-order valence-electron chi connectivity index (χ0n) is 10.3. The predicted octanol–water partition coefficient (Wildman–Crippen LogP) is 2.78. The summed E-state index contributed by atoms with van der Waals surface area (Å²) < 4.78 is 4.94. The lowest BCUT2D eigenvalue weighted by molar-refractivity contribution is -0.384. The van der Waals surface area contributed by atoms with E-state index in [1.165, 1.54) is 23.5 Å². The van der Waals surface area contributed by atoms with Gasteiger partial charge in [-0.3, -0.25) is 10.1 Å². The molecule has 1 N–H and O–H groups in total. The van der Waals surface area contributed by atoms with Crippen LogP contribution in [0.5, 0.6) is 0 Å². The number of ether oxygens (including phenoxy) is 1. The van der Waals surface area contributed by atoms with Crippen molar-refractivity contribution in [3.05, 3.63) is 39.8 Å². The van der Waals surface area contributed by atoms with Crippen molar-refractivity contribution in [1.82, 2.24) is 4.98 Å². The first-order valence-corrected chi connectivity index (χ1v) is 6.52. The van der Waals surface area contributed by atoms with Gasteiger partial charge in [0.1, 0.15) is 0 Å². The second-order valence-electron chi connectivity index (χ2n) is 3.76. The number of hydrogen-bond acceptors (Lipinski definition) is 6. The Morgan fingerprint density at radius 2 is 2.16 bits per heavy atom. The molecular formula is C12H13N3O3S. The van der Waals surface area contributed by atoms with E-state index in [1.54, 1.807) is 19.2 Å². The summed E-state index contributed by atoms with van der Waals surface area (Å²) in [5.74, 6) is 0. The van der Waals surface area contributed by atoms with E-state index in [1.807, 2.05) is 5.38 Å². The Morgan fingerprint density at radius 3 is 2.79 bits per heavy atom. The van der Waals surface area contributed by atoms with Crippen molar-refractivity contribution in [1.29, 1.82) is 0 Å². The number of thiazole rings is 1. The zero-order chi connectivity index (χ0) is 13.7. The fraction of sp³-hybridized carbons (Fsp3) is 0.250. The molecular weight excluding hydrogens is 266 g/mol. The molecule has 0 aliphatic heterocycles. The smallest absolute Gasteiger partial charge is 0.269 e. The fourth-order valence-corrected chi connectivity index (χ4v) is 2.25. The molecule has 100 valence electrons. The van der Waals surface area contributed by atoms with Gasteiger partial charge in [-0.15, -0.1) is 11.3 Å². The van der Waals surface area contributed by atoms with Crippen molar-refractivity contribution in [2.24, 2.45) is 0 Å². The average Bonchev–Trinajstić information content (AvgIpc) is 2.88. The molecule has 0 aliphatic carbocycles. The maximum absolute atomic E-state index is 10.6. The number of non-ortho nitro benzene ring substituents is 1. The van der Waals surface area contributed by atoms with Crippen LogP contribution in [0.15, 0.2) is 29.6 Å². The highest BCUT2D eigenvalue weighted by Gasteiger charge is 2.07. The van der Waals surface area contributed by atoms with Gasteiger partial charge >= 0.3 is 0 Å². The molecule has 1 heterocycles. The highest BCUT2D eigenvalue weighted by atomic mass is 32.1. The second-order valence-corrected chi connectivity index (χ2v) is 4.62. The van der Waals surface area contributed by atoms with Crippen molar-refractivity contribution in [2.45, 2.75) is 0 Å². The SMILES string of the molecule is COCCNc1nc(-c2ccc([N+](=O)[O-])cc2)cs1. The summed E-state index contributed by atoms with van der Waals surface area (Å²) in [4.78, 5) is 14.6. The molecule has 0 bridgehead atoms. The topological polar surface area (TPSA) is 77.3 Å². The van der Waals surface area contributed by atoms with Crippen LogP contribution in [0, 0.1) is 10.1 Å². The number of nitrogens with one attached hydrogen (secondary N) is 1. The van der Waals surface area contributed by atoms with Crippen LogP contribution in [-0.2, 0) is 4.74 Å². The molecule has 0 fully saturated rings. The molecule has 1 aromatic heterocycles. The number of rotatable bonds is 6. The lowest BCUT2D eigenvalue weighted by Gasteiger charge is -2.00. The highest BCUT2D eigenvalue weighted by Crippen LogP contribution is 2.26. The van der Waals surface area contributed by atoms with Gasteiger partial charge < -0.3 is 10.1 Å². The van der Waals surface area contributed by atoms with Gasteiger partial charge in [-0.05, 0) is 12.1 Å². The number of hydrogen-bond donors (Lipinski definition) is 1. The van der Waals surface area contributed by atoms with Crippen molar-refractivity contribution < 1.29 is 9.66 Å². The van der Waals surface area contributed by atoms with Crippen LogP contribution in [0.2, 0.25) is 0 Å². The first-order chi connectivity index (χ1) is 9.20. The number of benzene rings is 1. The van der Waals surface area contributed by atoms with Gasteiger partial charge in [0, 0.05) is 36.7 Å². The van der Waals surface area contributed by atoms with Gasteiger partial charge in [0.15, 0.2) is 5.13 Å². The van der Waals surface area contributed by atoms with E-state index in [4.69, 9.17) is 4.74 Å². The van der Waals surface area contributed by atoms with Crippen molar-refractivity contribution in [3.63, 3.8) is 0 Å². The standard InChI is InChI=1S/C12H13N3O3S/c1-18-7-6-13-12-14-11(8-19-12)9-2-4-10(5-3-9)15(16)17/h2-5,8H,6-7H2,1H3,(H,13,14). The molecule has 1 aromatic carbocycles. The third-order valence-electron chi connectivity index (χ3n) is 2.46. The number of nitro benzene ring substituents is 1. The molecule has 0 saturated carbocycles. The van der Waals surface area contributed by atoms with Gasteiger partial charge in [-0.1, -0.05) is 0 Å². The normalized spacial score (nSPS) is 10.4. The molecule has 0 atom stereocenters. The van der Waals surface area contributed by atoms with Crippen LogP contribution in [0.25, 0.3) is 11.3 Å². The minimum Gasteiger partial charge on any atom is -0.383 e. The summed E-state index contributed by atoms with van der Waals surface area (Å²) >= 11 is 1.49. The summed E-state index contributed by atoms with van der Waals surface area (Å²) in [5.41, 5.74) is 1.75. The Morgan fingerprint density at radius 1 is 1.42 bits per heavy atom. The molecule has 2 rings (SSSR count). The Bertz CT molecular complexity index is 554. The largest absolute Gasteiger partial charge is 0.383 e. The van der Waals surface area contributed by atoms with E-state index in [2.05, 4.69) is 10.3 Å². The highest BCUT2D eigenvalue weighted by molar-refractivity contribution is 7.14. The Labute approximate surface area is 114 Å². The maximum atomic E-state index is 10.6. The molecule has 6 nitrogen and oxygen atoms in total. The molecule has 0 saturated heterocycles. The molecule has 0 radical (unpaired) electrons. The summed E-state index contributed by atoms with van der Waals surface area (Å²) in [6.45, 7) is 1.32. The first kappa shape index (κ1) is 13.4. The lowest BCUT2D eigenvalue weighted by Crippen LogP contribution is -2.06. The number of nitro groups is 1. The van der Waals surface area contributed by atoms with Crippen molar-refractivity contribution in [3.8, 4) is 11.3 Å². The molecule has 7 heteroatoms. The van der Waals surface area contributed by atoms with Gasteiger partial charge in [-0.2, -0.15) is 0 Å². The van der Waals surface area contributed by atoms with Crippen LogP contribution < -0.4 is 5.32 Å². The molecule has 0 aliphatic rings. The van der Waals surface area contributed by atoms with E-state index >= 15 is 0 Å². The maximum Gasteiger partial charge on any atom is 0.269 e. The van der Waals surface area contributed by atoms with Crippen molar-refractivity contribution >= 4 is 22.2 Å². The number of nitrogens with zero attached hydrogens (tertiary/aromatic N) is 2. The van der Waals surface area contributed by atoms with Gasteiger partial charge in [0.05, 0.1) is 17.2 Å². The molecule has 0 spiro atoms. The fourth-order valence-electron chi connectivity index (χ4n) is 1.50. The van der Waals surface area contributed by atoms with Crippen LogP contribution >= 0.6 is 11.3 Å². The lowest BCUT2D eigenvalue weighted by atomic mass is 10.1. The third-order valence-corrected chi connectivity index (χ3v) is 3.26. The van der Waals surface area contributed by atoms with Crippen LogP contribution in [0.1, 0.15) is 0 Å². The molecule has 0 amide bonds. The van der Waals surface area contributed by atoms with Gasteiger partial charge in [-0.25, -0.2) is 4.98 Å². The molecule has 19 heavy (non-hydrogen) atoms. The minimum absolute atomic E-state index is 0.0809. The van der Waals surface area contributed by atoms with Gasteiger partial charge in [0.2, 0.25) is 0 Å². The third kappa shape index (κ3) is 3.49. The molecule has 0 unspecified atom stereocenters. The van der Waals surface area contributed by atoms with E-state index < -0.39 is 4.92 Å². The average molecular weight is 279 g/mol. The Hall–Kier alpha value is -1.99. The predicted molar refractivity (Wildman–Crippen MR) is 74.6 cm³/mol. The Balaban J connectivity index is 2.07. The zero-order valence-corrected chi connectivity index (χ0v) is 11.1.